The summed E-state index contributed by atoms with van der Waals surface area (Å²) in [4.78, 5) is 61.2. The lowest BCUT2D eigenvalue weighted by molar-refractivity contribution is -0.134. The topological polar surface area (TPSA) is 146 Å². The zero-order chi connectivity index (χ0) is 30.4. The Morgan fingerprint density at radius 2 is 1.88 bits per heavy atom. The zero-order valence-corrected chi connectivity index (χ0v) is 26.8. The molecular weight excluding hydrogens is 589 g/mol. The first kappa shape index (κ1) is 35.5. The molecule has 2 fully saturated rings. The minimum atomic E-state index is -0.891. The van der Waals surface area contributed by atoms with Crippen LogP contribution in [0.15, 0.2) is 0 Å². The highest BCUT2D eigenvalue weighted by Gasteiger charge is 2.42. The van der Waals surface area contributed by atoms with Crippen molar-refractivity contribution in [1.29, 1.82) is 0 Å². The molecule has 0 aromatic rings. The number of rotatable bonds is 20. The van der Waals surface area contributed by atoms with Gasteiger partial charge in [0.1, 0.15) is 12.3 Å². The Kier molecular flexibility index (Phi) is 15.6. The number of alkyl halides is 2. The number of urea groups is 1. The summed E-state index contributed by atoms with van der Waals surface area (Å²) >= 11 is 13.7. The highest BCUT2D eigenvalue weighted by atomic mass is 35.5. The fourth-order valence-electron chi connectivity index (χ4n) is 5.02. The van der Waals surface area contributed by atoms with Gasteiger partial charge in [0, 0.05) is 35.7 Å². The van der Waals surface area contributed by atoms with Crippen LogP contribution in [0.3, 0.4) is 0 Å². The van der Waals surface area contributed by atoms with Crippen molar-refractivity contribution in [1.82, 2.24) is 26.6 Å². The Hall–Kier alpha value is -1.72. The minimum Gasteiger partial charge on any atom is -0.356 e. The maximum atomic E-state index is 13.0. The van der Waals surface area contributed by atoms with Crippen molar-refractivity contribution in [2.24, 2.45) is 11.3 Å². The number of carbonyl (C=O) groups is 5. The summed E-state index contributed by atoms with van der Waals surface area (Å²) in [7, 11) is 0. The molecule has 2 rings (SSSR count). The predicted molar refractivity (Wildman–Crippen MR) is 164 cm³/mol. The number of hydrogen-bond donors (Lipinski definition) is 5. The molecule has 5 N–H and O–H groups in total. The van der Waals surface area contributed by atoms with Crippen LogP contribution in [0, 0.1) is 11.3 Å². The van der Waals surface area contributed by atoms with E-state index in [1.165, 1.54) is 0 Å². The van der Waals surface area contributed by atoms with Crippen molar-refractivity contribution < 1.29 is 24.0 Å². The molecule has 0 saturated carbocycles. The van der Waals surface area contributed by atoms with Crippen LogP contribution in [-0.4, -0.2) is 83.5 Å². The van der Waals surface area contributed by atoms with Gasteiger partial charge in [0.05, 0.1) is 23.5 Å². The van der Waals surface area contributed by atoms with E-state index in [4.69, 9.17) is 23.2 Å². The third kappa shape index (κ3) is 11.8. The monoisotopic (exact) mass is 635 g/mol. The summed E-state index contributed by atoms with van der Waals surface area (Å²) < 4.78 is 0. The number of nitrogens with one attached hydrogen (secondary N) is 5. The molecule has 2 aliphatic rings. The Balaban J connectivity index is 1.65. The van der Waals surface area contributed by atoms with Gasteiger partial charge >= 0.3 is 6.03 Å². The number of aldehydes is 1. The van der Waals surface area contributed by atoms with E-state index in [0.29, 0.717) is 56.6 Å². The summed E-state index contributed by atoms with van der Waals surface area (Å²) in [6.45, 7) is 6.13. The van der Waals surface area contributed by atoms with Crippen molar-refractivity contribution in [2.45, 2.75) is 108 Å². The third-order valence-electron chi connectivity index (χ3n) is 7.65. The first-order valence-corrected chi connectivity index (χ1v) is 16.8. The first-order valence-electron chi connectivity index (χ1n) is 14.7. The molecule has 0 aromatic carbocycles. The average molecular weight is 637 g/mol. The number of unbranched alkanes of at least 4 members (excludes halogenated alkanes) is 2. The highest BCUT2D eigenvalue weighted by Crippen LogP contribution is 2.33. The van der Waals surface area contributed by atoms with Gasteiger partial charge in [0.15, 0.2) is 0 Å². The molecule has 0 aliphatic carbocycles. The van der Waals surface area contributed by atoms with E-state index in [2.05, 4.69) is 26.6 Å². The molecule has 2 heterocycles. The zero-order valence-electron chi connectivity index (χ0n) is 24.4. The van der Waals surface area contributed by atoms with Gasteiger partial charge in [-0.2, -0.15) is 11.8 Å². The average Bonchev–Trinajstić information content (AvgIpc) is 3.48. The van der Waals surface area contributed by atoms with E-state index < -0.39 is 23.4 Å². The maximum Gasteiger partial charge on any atom is 0.315 e. The summed E-state index contributed by atoms with van der Waals surface area (Å²) in [5, 5.41) is 14.8. The van der Waals surface area contributed by atoms with Gasteiger partial charge < -0.3 is 31.4 Å². The van der Waals surface area contributed by atoms with E-state index in [9.17, 15) is 24.0 Å². The molecule has 10 nitrogen and oxygen atoms in total. The normalized spacial score (nSPS) is 22.6. The molecule has 2 aliphatic heterocycles. The van der Waals surface area contributed by atoms with Crippen LogP contribution >= 0.6 is 35.0 Å². The molecule has 0 aromatic heterocycles. The number of carbonyl (C=O) groups excluding carboxylic acids is 5. The second kappa shape index (κ2) is 18.1. The number of thioether (sulfide) groups is 1. The van der Waals surface area contributed by atoms with Gasteiger partial charge in [0.2, 0.25) is 17.7 Å². The van der Waals surface area contributed by atoms with Crippen LogP contribution in [0.5, 0.6) is 0 Å². The van der Waals surface area contributed by atoms with E-state index in [0.717, 1.165) is 25.0 Å². The lowest BCUT2D eigenvalue weighted by Crippen LogP contribution is -2.54. The molecule has 13 heteroatoms. The lowest BCUT2D eigenvalue weighted by Gasteiger charge is -2.29. The molecule has 0 radical (unpaired) electrons. The standard InChI is InChI=1S/C28H47Cl2N5O5S/c1-18(2)14-20(33-26(39)28(3,17-30)11-12-29)25(38)32-19(15-36)8-6-7-13-31-23(37)10-5-4-9-22-24-21(16-41-22)34-27(40)35-24/h15,18-22,24H,4-14,16-17H2,1-3H3,(H,31,37)(H,32,38)(H,33,39)(H2,34,35,40)/t19-,20-,21-,22-,24-,28?/m0/s1. The van der Waals surface area contributed by atoms with Gasteiger partial charge in [0.25, 0.3) is 0 Å². The van der Waals surface area contributed by atoms with Gasteiger partial charge in [-0.1, -0.05) is 20.3 Å². The second-order valence-electron chi connectivity index (χ2n) is 11.8. The number of hydrogen-bond acceptors (Lipinski definition) is 6. The largest absolute Gasteiger partial charge is 0.356 e. The van der Waals surface area contributed by atoms with Gasteiger partial charge in [-0.25, -0.2) is 4.79 Å². The van der Waals surface area contributed by atoms with Crippen molar-refractivity contribution >= 4 is 65.0 Å². The molecule has 234 valence electrons. The molecule has 2 saturated heterocycles. The molecule has 6 atom stereocenters. The van der Waals surface area contributed by atoms with Gasteiger partial charge in [-0.05, 0) is 57.8 Å². The van der Waals surface area contributed by atoms with Crippen LogP contribution in [0.2, 0.25) is 0 Å². The quantitative estimate of drug-likeness (QED) is 0.0601. The first-order chi connectivity index (χ1) is 19.5. The fourth-order valence-corrected chi connectivity index (χ4v) is 7.24. The van der Waals surface area contributed by atoms with Gasteiger partial charge in [-0.15, -0.1) is 23.2 Å². The molecule has 0 bridgehead atoms. The Bertz CT molecular complexity index is 898. The maximum absolute atomic E-state index is 13.0. The summed E-state index contributed by atoms with van der Waals surface area (Å²) in [5.41, 5.74) is -0.891. The van der Waals surface area contributed by atoms with Crippen LogP contribution in [0.25, 0.3) is 0 Å². The second-order valence-corrected chi connectivity index (χ2v) is 13.7. The molecule has 5 amide bonds. The van der Waals surface area contributed by atoms with E-state index in [1.807, 2.05) is 25.6 Å². The summed E-state index contributed by atoms with van der Waals surface area (Å²) in [6.07, 6.45) is 6.43. The Morgan fingerprint density at radius 1 is 1.12 bits per heavy atom. The molecule has 0 spiro atoms. The van der Waals surface area contributed by atoms with E-state index >= 15 is 0 Å². The molecular formula is C28H47Cl2N5O5S. The molecule has 41 heavy (non-hydrogen) atoms. The smallest absolute Gasteiger partial charge is 0.315 e. The third-order valence-corrected chi connectivity index (χ3v) is 9.94. The van der Waals surface area contributed by atoms with Crippen molar-refractivity contribution in [2.75, 3.05) is 24.1 Å². The van der Waals surface area contributed by atoms with Gasteiger partial charge in [-0.3, -0.25) is 14.4 Å². The molecule has 1 unspecified atom stereocenters. The summed E-state index contributed by atoms with van der Waals surface area (Å²) in [6, 6.07) is -1.15. The highest BCUT2D eigenvalue weighted by molar-refractivity contribution is 8.00. The minimum absolute atomic E-state index is 0.00316. The number of amides is 5. The number of halogens is 2. The van der Waals surface area contributed by atoms with Crippen LogP contribution < -0.4 is 26.6 Å². The Labute approximate surface area is 258 Å². The van der Waals surface area contributed by atoms with Crippen LogP contribution in [-0.2, 0) is 19.2 Å². The fraction of sp³-hybridized carbons (Fsp3) is 0.821. The lowest BCUT2D eigenvalue weighted by atomic mass is 9.88. The summed E-state index contributed by atoms with van der Waals surface area (Å²) in [5.74, 6) is 0.683. The van der Waals surface area contributed by atoms with Crippen molar-refractivity contribution in [3.63, 3.8) is 0 Å². The number of fused-ring (bicyclic) bond motifs is 1. The predicted octanol–water partition coefficient (Wildman–Crippen LogP) is 3.09. The van der Waals surface area contributed by atoms with Crippen molar-refractivity contribution in [3.8, 4) is 0 Å². The van der Waals surface area contributed by atoms with E-state index in [-0.39, 0.29) is 47.6 Å². The van der Waals surface area contributed by atoms with Crippen LogP contribution in [0.4, 0.5) is 4.79 Å². The van der Waals surface area contributed by atoms with Crippen molar-refractivity contribution in [3.05, 3.63) is 0 Å². The SMILES string of the molecule is CC(C)C[C@H](NC(=O)C(C)(CCl)CCCl)C(=O)N[C@H](C=O)CCCCNC(=O)CCCC[C@@H]1SC[C@@H]2NC(=O)N[C@@H]21. The van der Waals surface area contributed by atoms with Crippen LogP contribution in [0.1, 0.15) is 78.6 Å². The van der Waals surface area contributed by atoms with E-state index in [1.54, 1.807) is 6.92 Å². The Morgan fingerprint density at radius 3 is 2.54 bits per heavy atom.